The van der Waals surface area contributed by atoms with Crippen molar-refractivity contribution in [3.63, 3.8) is 0 Å². The van der Waals surface area contributed by atoms with Gasteiger partial charge in [-0.3, -0.25) is 4.79 Å². The summed E-state index contributed by atoms with van der Waals surface area (Å²) in [5.41, 5.74) is 5.05. The first kappa shape index (κ1) is 18.3. The number of rotatable bonds is 6. The van der Waals surface area contributed by atoms with E-state index in [0.717, 1.165) is 31.9 Å². The Kier molecular flexibility index (Phi) is 5.46. The van der Waals surface area contributed by atoms with Gasteiger partial charge < -0.3 is 10.4 Å². The van der Waals surface area contributed by atoms with Crippen LogP contribution in [-0.4, -0.2) is 16.0 Å². The number of fused-ring (bicyclic) bond motifs is 1. The van der Waals surface area contributed by atoms with E-state index < -0.39 is 0 Å². The highest BCUT2D eigenvalue weighted by Crippen LogP contribution is 2.28. The Morgan fingerprint density at radius 2 is 1.75 bits per heavy atom. The Hall–Kier alpha value is -3.02. The fourth-order valence-electron chi connectivity index (χ4n) is 3.10. The largest absolute Gasteiger partial charge is 0.392 e. The van der Waals surface area contributed by atoms with Gasteiger partial charge in [0.1, 0.15) is 5.01 Å². The number of nitrogens with one attached hydrogen (secondary N) is 1. The third-order valence-corrected chi connectivity index (χ3v) is 5.53. The number of aliphatic hydroxyl groups excluding tert-OH is 1. The highest BCUT2D eigenvalue weighted by molar-refractivity contribution is 7.18. The molecule has 0 atom stereocenters. The number of aliphatic hydroxyl groups is 1. The fraction of sp³-hybridized carbons (Fsp3) is 0.130. The van der Waals surface area contributed by atoms with Crippen LogP contribution < -0.4 is 5.32 Å². The average Bonchev–Trinajstić information content (AvgIpc) is 3.14. The first-order valence-corrected chi connectivity index (χ1v) is 9.93. The minimum absolute atomic E-state index is 0.00153. The maximum absolute atomic E-state index is 12.3. The standard InChI is InChI=1S/C23H20N2O2S/c26-15-17-6-4-5-16(11-17)14-24-22(27)13-23-25-20-10-9-19(12-21(20)28-23)18-7-2-1-3-8-18/h1-12,26H,13-15H2,(H,24,27). The molecule has 0 fully saturated rings. The third kappa shape index (κ3) is 4.27. The van der Waals surface area contributed by atoms with Crippen LogP contribution in [0.25, 0.3) is 21.3 Å². The lowest BCUT2D eigenvalue weighted by Gasteiger charge is -2.05. The van der Waals surface area contributed by atoms with Gasteiger partial charge in [0.15, 0.2) is 0 Å². The van der Waals surface area contributed by atoms with Crippen LogP contribution in [0.15, 0.2) is 72.8 Å². The number of benzene rings is 3. The number of nitrogens with zero attached hydrogens (tertiary/aromatic N) is 1. The number of hydrogen-bond acceptors (Lipinski definition) is 4. The number of aromatic nitrogens is 1. The predicted octanol–water partition coefficient (Wildman–Crippen LogP) is 4.31. The molecule has 140 valence electrons. The summed E-state index contributed by atoms with van der Waals surface area (Å²) in [6.07, 6.45) is 0.264. The molecule has 1 aromatic heterocycles. The summed E-state index contributed by atoms with van der Waals surface area (Å²) >= 11 is 1.56. The van der Waals surface area contributed by atoms with Gasteiger partial charge in [-0.2, -0.15) is 0 Å². The van der Waals surface area contributed by atoms with Crippen LogP contribution in [0.1, 0.15) is 16.1 Å². The maximum Gasteiger partial charge on any atom is 0.227 e. The number of carbonyl (C=O) groups is 1. The van der Waals surface area contributed by atoms with E-state index in [2.05, 4.69) is 34.6 Å². The molecule has 28 heavy (non-hydrogen) atoms. The predicted molar refractivity (Wildman–Crippen MR) is 113 cm³/mol. The van der Waals surface area contributed by atoms with E-state index in [9.17, 15) is 9.90 Å². The zero-order chi connectivity index (χ0) is 19.3. The Morgan fingerprint density at radius 1 is 0.929 bits per heavy atom. The van der Waals surface area contributed by atoms with Crippen molar-refractivity contribution >= 4 is 27.5 Å². The number of amides is 1. The van der Waals surface area contributed by atoms with Gasteiger partial charge in [0.2, 0.25) is 5.91 Å². The summed E-state index contributed by atoms with van der Waals surface area (Å²) in [5, 5.41) is 12.9. The highest BCUT2D eigenvalue weighted by Gasteiger charge is 2.10. The van der Waals surface area contributed by atoms with Gasteiger partial charge in [-0.05, 0) is 34.4 Å². The minimum Gasteiger partial charge on any atom is -0.392 e. The Labute approximate surface area is 167 Å². The van der Waals surface area contributed by atoms with Crippen LogP contribution in [0.2, 0.25) is 0 Å². The second-order valence-electron chi connectivity index (χ2n) is 6.59. The van der Waals surface area contributed by atoms with Crippen molar-refractivity contribution in [3.05, 3.63) is 88.9 Å². The topological polar surface area (TPSA) is 62.2 Å². The fourth-order valence-corrected chi connectivity index (χ4v) is 4.10. The molecule has 0 saturated carbocycles. The van der Waals surface area contributed by atoms with Crippen molar-refractivity contribution in [2.24, 2.45) is 0 Å². The van der Waals surface area contributed by atoms with Crippen molar-refractivity contribution in [2.45, 2.75) is 19.6 Å². The van der Waals surface area contributed by atoms with Gasteiger partial charge in [0.05, 0.1) is 23.2 Å². The van der Waals surface area contributed by atoms with Crippen LogP contribution >= 0.6 is 11.3 Å². The highest BCUT2D eigenvalue weighted by atomic mass is 32.1. The molecule has 0 unspecified atom stereocenters. The monoisotopic (exact) mass is 388 g/mol. The van der Waals surface area contributed by atoms with Crippen LogP contribution in [0, 0.1) is 0 Å². The van der Waals surface area contributed by atoms with E-state index in [1.807, 2.05) is 48.5 Å². The summed E-state index contributed by atoms with van der Waals surface area (Å²) < 4.78 is 1.08. The SMILES string of the molecule is O=C(Cc1nc2ccc(-c3ccccc3)cc2s1)NCc1cccc(CO)c1. The van der Waals surface area contributed by atoms with Crippen molar-refractivity contribution in [3.8, 4) is 11.1 Å². The normalized spacial score (nSPS) is 10.9. The van der Waals surface area contributed by atoms with Crippen LogP contribution in [-0.2, 0) is 24.4 Å². The molecule has 3 aromatic carbocycles. The lowest BCUT2D eigenvalue weighted by Crippen LogP contribution is -2.24. The molecule has 1 amide bonds. The lowest BCUT2D eigenvalue weighted by atomic mass is 10.1. The summed E-state index contributed by atoms with van der Waals surface area (Å²) in [7, 11) is 0. The Morgan fingerprint density at radius 3 is 2.57 bits per heavy atom. The van der Waals surface area contributed by atoms with Crippen LogP contribution in [0.4, 0.5) is 0 Å². The Bertz CT molecular complexity index is 1110. The summed E-state index contributed by atoms with van der Waals surface area (Å²) in [4.78, 5) is 16.9. The molecule has 0 aliphatic heterocycles. The smallest absolute Gasteiger partial charge is 0.227 e. The molecule has 0 spiro atoms. The lowest BCUT2D eigenvalue weighted by molar-refractivity contribution is -0.120. The number of thiazole rings is 1. The van der Waals surface area contributed by atoms with E-state index in [-0.39, 0.29) is 18.9 Å². The van der Waals surface area contributed by atoms with Gasteiger partial charge in [-0.25, -0.2) is 4.98 Å². The zero-order valence-corrected chi connectivity index (χ0v) is 16.1. The quantitative estimate of drug-likeness (QED) is 0.517. The molecular weight excluding hydrogens is 368 g/mol. The number of carbonyl (C=O) groups excluding carboxylic acids is 1. The second kappa shape index (κ2) is 8.33. The molecule has 0 saturated heterocycles. The van der Waals surface area contributed by atoms with Crippen LogP contribution in [0.3, 0.4) is 0 Å². The van der Waals surface area contributed by atoms with Crippen molar-refractivity contribution < 1.29 is 9.90 Å². The van der Waals surface area contributed by atoms with Crippen LogP contribution in [0.5, 0.6) is 0 Å². The van der Waals surface area contributed by atoms with E-state index in [0.29, 0.717) is 6.54 Å². The molecule has 2 N–H and O–H groups in total. The van der Waals surface area contributed by atoms with Gasteiger partial charge in [0, 0.05) is 6.54 Å². The van der Waals surface area contributed by atoms with Crippen molar-refractivity contribution in [2.75, 3.05) is 0 Å². The molecule has 0 aliphatic carbocycles. The molecule has 1 heterocycles. The van der Waals surface area contributed by atoms with Gasteiger partial charge in [-0.1, -0.05) is 60.7 Å². The zero-order valence-electron chi connectivity index (χ0n) is 15.3. The van der Waals surface area contributed by atoms with E-state index in [1.165, 1.54) is 5.56 Å². The molecule has 4 rings (SSSR count). The maximum atomic E-state index is 12.3. The summed E-state index contributed by atoms with van der Waals surface area (Å²) in [6, 6.07) is 24.0. The molecule has 5 heteroatoms. The van der Waals surface area contributed by atoms with E-state index in [4.69, 9.17) is 0 Å². The second-order valence-corrected chi connectivity index (χ2v) is 7.70. The van der Waals surface area contributed by atoms with Crippen molar-refractivity contribution in [1.29, 1.82) is 0 Å². The van der Waals surface area contributed by atoms with E-state index in [1.54, 1.807) is 11.3 Å². The van der Waals surface area contributed by atoms with Gasteiger partial charge >= 0.3 is 0 Å². The molecule has 4 nitrogen and oxygen atoms in total. The van der Waals surface area contributed by atoms with Gasteiger partial charge in [-0.15, -0.1) is 11.3 Å². The van der Waals surface area contributed by atoms with Gasteiger partial charge in [0.25, 0.3) is 0 Å². The molecule has 0 radical (unpaired) electrons. The summed E-state index contributed by atoms with van der Waals surface area (Å²) in [5.74, 6) is -0.0586. The minimum atomic E-state index is -0.0586. The Balaban J connectivity index is 1.43. The van der Waals surface area contributed by atoms with E-state index >= 15 is 0 Å². The molecule has 0 aliphatic rings. The molecule has 0 bridgehead atoms. The third-order valence-electron chi connectivity index (χ3n) is 4.52. The average molecular weight is 388 g/mol. The summed E-state index contributed by atoms with van der Waals surface area (Å²) in [6.45, 7) is 0.439. The number of hydrogen-bond donors (Lipinski definition) is 2. The first-order valence-electron chi connectivity index (χ1n) is 9.11. The van der Waals surface area contributed by atoms with Crippen molar-refractivity contribution in [1.82, 2.24) is 10.3 Å². The molecule has 4 aromatic rings. The molecular formula is C23H20N2O2S. The first-order chi connectivity index (χ1) is 13.7.